The van der Waals surface area contributed by atoms with Crippen LogP contribution in [0.25, 0.3) is 0 Å². The topological polar surface area (TPSA) is 118 Å². The van der Waals surface area contributed by atoms with Gasteiger partial charge in [0.1, 0.15) is 5.69 Å². The second-order valence-electron chi connectivity index (χ2n) is 4.93. The summed E-state index contributed by atoms with van der Waals surface area (Å²) in [4.78, 5) is 22.9. The fourth-order valence-electron chi connectivity index (χ4n) is 2.37. The highest BCUT2D eigenvalue weighted by Gasteiger charge is 2.33. The van der Waals surface area contributed by atoms with E-state index in [0.29, 0.717) is 6.42 Å². The van der Waals surface area contributed by atoms with Gasteiger partial charge in [0, 0.05) is 19.2 Å². The van der Waals surface area contributed by atoms with Gasteiger partial charge in [-0.2, -0.15) is 0 Å². The van der Waals surface area contributed by atoms with Gasteiger partial charge in [0.05, 0.1) is 22.0 Å². The maximum Gasteiger partial charge on any atom is 0.335 e. The molecule has 0 saturated carbocycles. The standard InChI is InChI=1S/C12H14N2O6S/c1-13(9-4-5-21(19,20)7-9)11-6-8(12(15)16)2-3-10(11)14(17)18/h2-3,6,9H,4-5,7H2,1H3,(H,15,16). The Morgan fingerprint density at radius 3 is 2.62 bits per heavy atom. The molecule has 1 saturated heterocycles. The van der Waals surface area contributed by atoms with Crippen molar-refractivity contribution in [1.82, 2.24) is 0 Å². The second kappa shape index (κ2) is 5.32. The first kappa shape index (κ1) is 15.2. The number of nitro benzene ring substituents is 1. The first-order chi connectivity index (χ1) is 9.71. The van der Waals surface area contributed by atoms with Crippen LogP contribution >= 0.6 is 0 Å². The van der Waals surface area contributed by atoms with Crippen LogP contribution in [0, 0.1) is 10.1 Å². The van der Waals surface area contributed by atoms with Crippen molar-refractivity contribution in [3.05, 3.63) is 33.9 Å². The SMILES string of the molecule is CN(c1cc(C(=O)O)ccc1[N+](=O)[O-])C1CCS(=O)(=O)C1. The Kier molecular flexibility index (Phi) is 3.86. The van der Waals surface area contributed by atoms with Crippen LogP contribution < -0.4 is 4.90 Å². The molecule has 0 aliphatic carbocycles. The van der Waals surface area contributed by atoms with Crippen LogP contribution in [0.5, 0.6) is 0 Å². The summed E-state index contributed by atoms with van der Waals surface area (Å²) in [5.41, 5.74) is -0.211. The van der Waals surface area contributed by atoms with Gasteiger partial charge in [-0.1, -0.05) is 0 Å². The molecule has 9 heteroatoms. The van der Waals surface area contributed by atoms with Gasteiger partial charge in [-0.05, 0) is 18.6 Å². The largest absolute Gasteiger partial charge is 0.478 e. The zero-order chi connectivity index (χ0) is 15.8. The first-order valence-corrected chi connectivity index (χ1v) is 7.98. The molecule has 1 atom stereocenters. The number of benzene rings is 1. The first-order valence-electron chi connectivity index (χ1n) is 6.16. The number of carboxylic acid groups (broad SMARTS) is 1. The molecule has 21 heavy (non-hydrogen) atoms. The van der Waals surface area contributed by atoms with E-state index in [1.54, 1.807) is 7.05 Å². The van der Waals surface area contributed by atoms with E-state index in [1.165, 1.54) is 11.0 Å². The molecule has 0 amide bonds. The Balaban J connectivity index is 2.43. The minimum Gasteiger partial charge on any atom is -0.478 e. The Hall–Kier alpha value is -2.16. The zero-order valence-electron chi connectivity index (χ0n) is 11.2. The van der Waals surface area contributed by atoms with Crippen molar-refractivity contribution in [1.29, 1.82) is 0 Å². The highest BCUT2D eigenvalue weighted by molar-refractivity contribution is 7.91. The lowest BCUT2D eigenvalue weighted by Gasteiger charge is -2.25. The van der Waals surface area contributed by atoms with Crippen molar-refractivity contribution in [2.75, 3.05) is 23.5 Å². The third-order valence-electron chi connectivity index (χ3n) is 3.56. The Morgan fingerprint density at radius 1 is 1.48 bits per heavy atom. The van der Waals surface area contributed by atoms with Crippen molar-refractivity contribution in [3.8, 4) is 0 Å². The summed E-state index contributed by atoms with van der Waals surface area (Å²) < 4.78 is 23.0. The number of rotatable bonds is 4. The van der Waals surface area contributed by atoms with Crippen LogP contribution in [0.2, 0.25) is 0 Å². The van der Waals surface area contributed by atoms with Gasteiger partial charge in [-0.15, -0.1) is 0 Å². The van der Waals surface area contributed by atoms with Gasteiger partial charge < -0.3 is 10.0 Å². The highest BCUT2D eigenvalue weighted by Crippen LogP contribution is 2.32. The van der Waals surface area contributed by atoms with Crippen LogP contribution in [0.1, 0.15) is 16.8 Å². The van der Waals surface area contributed by atoms with Crippen molar-refractivity contribution >= 4 is 27.2 Å². The molecule has 1 aliphatic rings. The average Bonchev–Trinajstić information content (AvgIpc) is 2.77. The van der Waals surface area contributed by atoms with Crippen LogP contribution in [0.4, 0.5) is 11.4 Å². The van der Waals surface area contributed by atoms with Crippen LogP contribution in [0.3, 0.4) is 0 Å². The summed E-state index contributed by atoms with van der Waals surface area (Å²) >= 11 is 0. The molecular weight excluding hydrogens is 300 g/mol. The number of nitro groups is 1. The highest BCUT2D eigenvalue weighted by atomic mass is 32.2. The average molecular weight is 314 g/mol. The predicted molar refractivity (Wildman–Crippen MR) is 75.5 cm³/mol. The summed E-state index contributed by atoms with van der Waals surface area (Å²) in [5.74, 6) is -1.24. The van der Waals surface area contributed by atoms with E-state index in [4.69, 9.17) is 5.11 Å². The summed E-state index contributed by atoms with van der Waals surface area (Å²) in [6, 6.07) is 3.09. The molecule has 1 aromatic rings. The number of nitrogens with zero attached hydrogens (tertiary/aromatic N) is 2. The lowest BCUT2D eigenvalue weighted by molar-refractivity contribution is -0.384. The van der Waals surface area contributed by atoms with E-state index >= 15 is 0 Å². The molecule has 1 unspecified atom stereocenters. The Morgan fingerprint density at radius 2 is 2.14 bits per heavy atom. The number of aromatic carboxylic acids is 1. The Labute approximate surface area is 121 Å². The number of hydrogen-bond acceptors (Lipinski definition) is 6. The molecule has 0 spiro atoms. The molecule has 0 radical (unpaired) electrons. The summed E-state index contributed by atoms with van der Waals surface area (Å²) in [5, 5.41) is 20.0. The molecule has 2 rings (SSSR count). The molecule has 1 heterocycles. The summed E-state index contributed by atoms with van der Waals surface area (Å²) in [6.45, 7) is 0. The minimum atomic E-state index is -3.14. The number of carboxylic acids is 1. The molecule has 0 aromatic heterocycles. The number of carbonyl (C=O) groups is 1. The van der Waals surface area contributed by atoms with Gasteiger partial charge in [0.2, 0.25) is 0 Å². The maximum atomic E-state index is 11.5. The van der Waals surface area contributed by atoms with Gasteiger partial charge in [-0.25, -0.2) is 13.2 Å². The van der Waals surface area contributed by atoms with Crippen molar-refractivity contribution in [3.63, 3.8) is 0 Å². The predicted octanol–water partition coefficient (Wildman–Crippen LogP) is 0.916. The maximum absolute atomic E-state index is 11.5. The number of anilines is 1. The fraction of sp³-hybridized carbons (Fsp3) is 0.417. The van der Waals surface area contributed by atoms with Crippen molar-refractivity contribution in [2.24, 2.45) is 0 Å². The number of hydrogen-bond donors (Lipinski definition) is 1. The smallest absolute Gasteiger partial charge is 0.335 e. The molecule has 1 aromatic carbocycles. The molecule has 8 nitrogen and oxygen atoms in total. The van der Waals surface area contributed by atoms with Crippen LogP contribution in [0.15, 0.2) is 18.2 Å². The van der Waals surface area contributed by atoms with E-state index in [0.717, 1.165) is 12.1 Å². The van der Waals surface area contributed by atoms with Crippen molar-refractivity contribution in [2.45, 2.75) is 12.5 Å². The molecule has 1 N–H and O–H groups in total. The third-order valence-corrected chi connectivity index (χ3v) is 5.31. The lowest BCUT2D eigenvalue weighted by Crippen LogP contribution is -2.33. The zero-order valence-corrected chi connectivity index (χ0v) is 12.0. The van der Waals surface area contributed by atoms with Gasteiger partial charge >= 0.3 is 5.97 Å². The molecule has 114 valence electrons. The van der Waals surface area contributed by atoms with Crippen molar-refractivity contribution < 1.29 is 23.2 Å². The minimum absolute atomic E-state index is 0.0361. The summed E-state index contributed by atoms with van der Waals surface area (Å²) in [7, 11) is -1.59. The Bertz CT molecular complexity index is 700. The van der Waals surface area contributed by atoms with E-state index in [2.05, 4.69) is 0 Å². The van der Waals surface area contributed by atoms with E-state index in [-0.39, 0.29) is 28.4 Å². The van der Waals surface area contributed by atoms with Crippen LogP contribution in [-0.2, 0) is 9.84 Å². The molecular formula is C12H14N2O6S. The van der Waals surface area contributed by atoms with Gasteiger partial charge in [0.15, 0.2) is 9.84 Å². The summed E-state index contributed by atoms with van der Waals surface area (Å²) in [6.07, 6.45) is 0.368. The normalized spacial score (nSPS) is 20.1. The fourth-order valence-corrected chi connectivity index (χ4v) is 4.15. The molecule has 1 fully saturated rings. The number of sulfone groups is 1. The molecule has 1 aliphatic heterocycles. The quantitative estimate of drug-likeness (QED) is 0.648. The third kappa shape index (κ3) is 3.13. The van der Waals surface area contributed by atoms with Gasteiger partial charge in [0.25, 0.3) is 5.69 Å². The van der Waals surface area contributed by atoms with E-state index in [1.807, 2.05) is 0 Å². The van der Waals surface area contributed by atoms with Crippen LogP contribution in [-0.4, -0.2) is 49.0 Å². The second-order valence-corrected chi connectivity index (χ2v) is 7.16. The van der Waals surface area contributed by atoms with E-state index in [9.17, 15) is 23.3 Å². The lowest BCUT2D eigenvalue weighted by atomic mass is 10.1. The van der Waals surface area contributed by atoms with Gasteiger partial charge in [-0.3, -0.25) is 10.1 Å². The monoisotopic (exact) mass is 314 g/mol. The molecule has 0 bridgehead atoms. The van der Waals surface area contributed by atoms with E-state index < -0.39 is 26.8 Å².